The molecule has 44 heavy (non-hydrogen) atoms. The van der Waals surface area contributed by atoms with Crippen LogP contribution in [0.5, 0.6) is 0 Å². The average molecular weight is 576 g/mol. The molecule has 10 rings (SSSR count). The molecule has 9 aromatic rings. The predicted octanol–water partition coefficient (Wildman–Crippen LogP) is 12.2. The molecule has 0 bridgehead atoms. The third kappa shape index (κ3) is 2.89. The van der Waals surface area contributed by atoms with E-state index in [4.69, 9.17) is 0 Å². The topological polar surface area (TPSA) is 4.93 Å². The Bertz CT molecular complexity index is 2780. The summed E-state index contributed by atoms with van der Waals surface area (Å²) >= 11 is 1.88. The van der Waals surface area contributed by atoms with Crippen LogP contribution >= 0.6 is 11.3 Å². The molecule has 0 radical (unpaired) electrons. The highest BCUT2D eigenvalue weighted by Gasteiger charge is 2.24. The molecule has 0 amide bonds. The first-order valence-corrected chi connectivity index (χ1v) is 15.8. The Balaban J connectivity index is 1.32. The first kappa shape index (κ1) is 24.0. The number of nitrogens with zero attached hydrogens (tertiary/aromatic N) is 1. The van der Waals surface area contributed by atoms with Gasteiger partial charge in [-0.15, -0.1) is 11.3 Å². The van der Waals surface area contributed by atoms with E-state index >= 15 is 0 Å². The summed E-state index contributed by atoms with van der Waals surface area (Å²) in [5.74, 6) is 0. The van der Waals surface area contributed by atoms with Crippen molar-refractivity contribution in [3.05, 3.63) is 152 Å². The van der Waals surface area contributed by atoms with E-state index in [0.29, 0.717) is 0 Å². The van der Waals surface area contributed by atoms with Gasteiger partial charge in [0, 0.05) is 36.3 Å². The normalized spacial score (nSPS) is 13.1. The zero-order chi connectivity index (χ0) is 29.1. The molecule has 0 N–H and O–H groups in total. The molecule has 2 heteroatoms. The molecule has 0 unspecified atom stereocenters. The molecule has 204 valence electrons. The van der Waals surface area contributed by atoms with Crippen molar-refractivity contribution in [2.75, 3.05) is 0 Å². The Morgan fingerprint density at radius 1 is 0.432 bits per heavy atom. The van der Waals surface area contributed by atoms with Crippen LogP contribution in [0.4, 0.5) is 0 Å². The van der Waals surface area contributed by atoms with Crippen LogP contribution < -0.4 is 0 Å². The van der Waals surface area contributed by atoms with Crippen molar-refractivity contribution in [1.29, 1.82) is 0 Å². The molecule has 0 aliphatic heterocycles. The standard InChI is InChI=1S/C42H25NS/c1-3-24-25(4-2)29-19-21-36(32-13-9-12-28(24)40(29)32)43-35-14-7-5-10-33(35)41-30-16-17-31-27(26(30)18-22-37(41)43)20-23-39-42(31)34-11-6-8-15-38(34)44-39/h3-23H,1-2H2. The zero-order valence-electron chi connectivity index (χ0n) is 23.9. The fraction of sp³-hybridized carbons (Fsp3) is 0. The molecule has 0 atom stereocenters. The van der Waals surface area contributed by atoms with E-state index in [1.807, 2.05) is 23.5 Å². The number of benzene rings is 7. The van der Waals surface area contributed by atoms with Gasteiger partial charge in [0.2, 0.25) is 0 Å². The molecule has 0 saturated heterocycles. The number of hydrogen-bond acceptors (Lipinski definition) is 1. The van der Waals surface area contributed by atoms with E-state index in [-0.39, 0.29) is 0 Å². The highest BCUT2D eigenvalue weighted by Crippen LogP contribution is 2.47. The Morgan fingerprint density at radius 2 is 1.09 bits per heavy atom. The van der Waals surface area contributed by atoms with Gasteiger partial charge in [0.15, 0.2) is 0 Å². The van der Waals surface area contributed by atoms with Gasteiger partial charge in [-0.1, -0.05) is 110 Å². The van der Waals surface area contributed by atoms with Gasteiger partial charge in [-0.05, 0) is 79.5 Å². The van der Waals surface area contributed by atoms with Crippen LogP contribution in [0.3, 0.4) is 0 Å². The molecule has 2 heterocycles. The van der Waals surface area contributed by atoms with Gasteiger partial charge >= 0.3 is 0 Å². The molecular weight excluding hydrogens is 551 g/mol. The predicted molar refractivity (Wildman–Crippen MR) is 193 cm³/mol. The Morgan fingerprint density at radius 3 is 1.91 bits per heavy atom. The fourth-order valence-corrected chi connectivity index (χ4v) is 9.06. The second kappa shape index (κ2) is 8.57. The van der Waals surface area contributed by atoms with E-state index in [9.17, 15) is 0 Å². The summed E-state index contributed by atoms with van der Waals surface area (Å²) in [4.78, 5) is 0. The van der Waals surface area contributed by atoms with Crippen LogP contribution in [0.1, 0.15) is 11.1 Å². The van der Waals surface area contributed by atoms with Gasteiger partial charge in [-0.3, -0.25) is 0 Å². The second-order valence-corrected chi connectivity index (χ2v) is 12.8. The van der Waals surface area contributed by atoms with Crippen LogP contribution in [0.15, 0.2) is 141 Å². The van der Waals surface area contributed by atoms with Crippen molar-refractivity contribution < 1.29 is 0 Å². The minimum atomic E-state index is 1.16. The minimum Gasteiger partial charge on any atom is -0.309 e. The number of para-hydroxylation sites is 1. The number of rotatable bonds is 3. The van der Waals surface area contributed by atoms with E-state index in [1.165, 1.54) is 91.1 Å². The smallest absolute Gasteiger partial charge is 0.0547 e. The molecule has 0 fully saturated rings. The van der Waals surface area contributed by atoms with Gasteiger partial charge in [0.25, 0.3) is 0 Å². The number of allylic oxidation sites excluding steroid dienone is 4. The number of thiophene rings is 1. The number of fused-ring (bicyclic) bond motifs is 11. The summed E-state index contributed by atoms with van der Waals surface area (Å²) in [7, 11) is 0. The van der Waals surface area contributed by atoms with Crippen molar-refractivity contribution >= 4 is 96.8 Å². The number of aromatic nitrogens is 1. The Kier molecular flexibility index (Phi) is 4.68. The van der Waals surface area contributed by atoms with Gasteiger partial charge in [-0.25, -0.2) is 0 Å². The maximum absolute atomic E-state index is 4.13. The maximum atomic E-state index is 4.13. The number of hydrogen-bond donors (Lipinski definition) is 0. The van der Waals surface area contributed by atoms with E-state index in [1.54, 1.807) is 0 Å². The van der Waals surface area contributed by atoms with Crippen LogP contribution in [0, 0.1) is 0 Å². The molecule has 1 aliphatic carbocycles. The lowest BCUT2D eigenvalue weighted by molar-refractivity contribution is 1.20. The first-order chi connectivity index (χ1) is 21.8. The van der Waals surface area contributed by atoms with Crippen molar-refractivity contribution in [2.24, 2.45) is 0 Å². The summed E-state index contributed by atoms with van der Waals surface area (Å²) in [6.07, 6.45) is 3.93. The maximum Gasteiger partial charge on any atom is 0.0547 e. The van der Waals surface area contributed by atoms with Crippen LogP contribution in [0.25, 0.3) is 91.1 Å². The van der Waals surface area contributed by atoms with Crippen molar-refractivity contribution in [3.63, 3.8) is 0 Å². The van der Waals surface area contributed by atoms with Crippen LogP contribution in [0.2, 0.25) is 0 Å². The second-order valence-electron chi connectivity index (χ2n) is 11.7. The van der Waals surface area contributed by atoms with Gasteiger partial charge in [0.1, 0.15) is 0 Å². The van der Waals surface area contributed by atoms with Gasteiger partial charge in [-0.2, -0.15) is 0 Å². The van der Waals surface area contributed by atoms with E-state index in [2.05, 4.69) is 133 Å². The summed E-state index contributed by atoms with van der Waals surface area (Å²) < 4.78 is 5.15. The Labute approximate surface area is 257 Å². The summed E-state index contributed by atoms with van der Waals surface area (Å²) in [6, 6.07) is 42.8. The van der Waals surface area contributed by atoms with Crippen LogP contribution in [-0.2, 0) is 0 Å². The molecule has 1 nitrogen and oxygen atoms in total. The zero-order valence-corrected chi connectivity index (χ0v) is 24.7. The lowest BCUT2D eigenvalue weighted by Gasteiger charge is -2.14. The van der Waals surface area contributed by atoms with Gasteiger partial charge < -0.3 is 4.57 Å². The summed E-state index contributed by atoms with van der Waals surface area (Å²) in [5, 5.41) is 13.0. The fourth-order valence-electron chi connectivity index (χ4n) is 7.94. The lowest BCUT2D eigenvalue weighted by Crippen LogP contribution is -1.96. The Hall–Kier alpha value is -5.44. The molecular formula is C42H25NS. The van der Waals surface area contributed by atoms with Crippen molar-refractivity contribution in [2.45, 2.75) is 0 Å². The quantitative estimate of drug-likeness (QED) is 0.185. The largest absolute Gasteiger partial charge is 0.309 e. The third-order valence-corrected chi connectivity index (χ3v) is 10.8. The highest BCUT2D eigenvalue weighted by molar-refractivity contribution is 7.26. The summed E-state index contributed by atoms with van der Waals surface area (Å²) in [5.41, 5.74) is 8.41. The minimum absolute atomic E-state index is 1.16. The molecule has 0 spiro atoms. The van der Waals surface area contributed by atoms with Crippen molar-refractivity contribution in [1.82, 2.24) is 4.57 Å². The van der Waals surface area contributed by atoms with Crippen LogP contribution in [-0.4, -0.2) is 4.57 Å². The first-order valence-electron chi connectivity index (χ1n) is 15.0. The summed E-state index contributed by atoms with van der Waals surface area (Å²) in [6.45, 7) is 8.27. The molecule has 2 aromatic heterocycles. The lowest BCUT2D eigenvalue weighted by atomic mass is 9.96. The van der Waals surface area contributed by atoms with E-state index in [0.717, 1.165) is 11.1 Å². The molecule has 0 saturated carbocycles. The van der Waals surface area contributed by atoms with E-state index < -0.39 is 0 Å². The third-order valence-electron chi connectivity index (χ3n) is 9.71. The SMILES string of the molecule is C=CC1=C(C=C)c2ccc(-n3c4ccccc4c4c5ccc6c(ccc7sc8ccccc8c76)c5ccc43)c3cccc1c23. The van der Waals surface area contributed by atoms with Gasteiger partial charge in [0.05, 0.1) is 16.7 Å². The molecule has 1 aliphatic rings. The monoisotopic (exact) mass is 575 g/mol. The van der Waals surface area contributed by atoms with Crippen molar-refractivity contribution in [3.8, 4) is 5.69 Å². The average Bonchev–Trinajstić information content (AvgIpc) is 3.73. The highest BCUT2D eigenvalue weighted by atomic mass is 32.1. The molecule has 7 aromatic carbocycles.